The van der Waals surface area contributed by atoms with E-state index in [9.17, 15) is 18.5 Å². The molecule has 0 spiro atoms. The van der Waals surface area contributed by atoms with Gasteiger partial charge in [-0.15, -0.1) is 0 Å². The minimum absolute atomic E-state index is 0.128. The zero-order chi connectivity index (χ0) is 20.8. The zero-order valence-electron chi connectivity index (χ0n) is 16.3. The van der Waals surface area contributed by atoms with Crippen LogP contribution in [0, 0.1) is 24.0 Å². The second kappa shape index (κ2) is 7.23. The third-order valence-corrected chi connectivity index (χ3v) is 7.57. The minimum Gasteiger partial charge on any atom is -0.342 e. The number of aromatic nitrogens is 2. The molecule has 1 aromatic heterocycles. The third-order valence-electron chi connectivity index (χ3n) is 5.64. The summed E-state index contributed by atoms with van der Waals surface area (Å²) in [6, 6.07) is 10.5. The van der Waals surface area contributed by atoms with E-state index in [-0.39, 0.29) is 16.5 Å². The molecular weight excluding hydrogens is 392 g/mol. The van der Waals surface area contributed by atoms with Crippen LogP contribution in [0.4, 0.5) is 5.69 Å². The van der Waals surface area contributed by atoms with Gasteiger partial charge in [0, 0.05) is 25.1 Å². The average Bonchev–Trinajstić information content (AvgIpc) is 3.14. The molecule has 1 saturated heterocycles. The van der Waals surface area contributed by atoms with Gasteiger partial charge in [0.05, 0.1) is 16.0 Å². The Morgan fingerprint density at radius 3 is 2.45 bits per heavy atom. The van der Waals surface area contributed by atoms with Crippen molar-refractivity contribution in [3.8, 4) is 0 Å². The predicted octanol–water partition coefficient (Wildman–Crippen LogP) is 3.66. The maximum atomic E-state index is 13.2. The van der Waals surface area contributed by atoms with E-state index < -0.39 is 14.9 Å². The van der Waals surface area contributed by atoms with Gasteiger partial charge in [0.15, 0.2) is 4.90 Å². The van der Waals surface area contributed by atoms with Gasteiger partial charge in [-0.3, -0.25) is 10.1 Å². The molecule has 0 aliphatic carbocycles. The molecule has 0 amide bonds. The number of sulfonamides is 1. The third kappa shape index (κ3) is 3.51. The van der Waals surface area contributed by atoms with Gasteiger partial charge in [0.2, 0.25) is 10.0 Å². The fraction of sp³-hybridized carbons (Fsp3) is 0.350. The van der Waals surface area contributed by atoms with E-state index in [1.54, 1.807) is 13.8 Å². The van der Waals surface area contributed by atoms with Gasteiger partial charge < -0.3 is 4.98 Å². The first kappa shape index (κ1) is 19.5. The molecule has 0 radical (unpaired) electrons. The second-order valence-corrected chi connectivity index (χ2v) is 9.39. The molecule has 0 saturated carbocycles. The number of hydrogen-bond acceptors (Lipinski definition) is 5. The van der Waals surface area contributed by atoms with Crippen LogP contribution in [-0.2, 0) is 10.0 Å². The van der Waals surface area contributed by atoms with Crippen molar-refractivity contribution in [2.45, 2.75) is 37.5 Å². The topological polar surface area (TPSA) is 109 Å². The van der Waals surface area contributed by atoms with Crippen molar-refractivity contribution in [2.75, 3.05) is 13.1 Å². The first-order chi connectivity index (χ1) is 13.8. The van der Waals surface area contributed by atoms with Gasteiger partial charge in [-0.1, -0.05) is 12.1 Å². The maximum Gasteiger partial charge on any atom is 0.289 e. The number of aromatic amines is 1. The molecule has 152 valence electrons. The fourth-order valence-electron chi connectivity index (χ4n) is 3.80. The minimum atomic E-state index is -3.95. The van der Waals surface area contributed by atoms with Crippen molar-refractivity contribution in [3.05, 3.63) is 63.5 Å². The molecule has 29 heavy (non-hydrogen) atoms. The highest BCUT2D eigenvalue weighted by atomic mass is 32.2. The first-order valence-corrected chi connectivity index (χ1v) is 10.9. The van der Waals surface area contributed by atoms with E-state index in [2.05, 4.69) is 9.97 Å². The number of nitro benzene ring substituents is 1. The summed E-state index contributed by atoms with van der Waals surface area (Å²) in [4.78, 5) is 18.5. The number of hydrogen-bond donors (Lipinski definition) is 1. The number of nitro groups is 1. The van der Waals surface area contributed by atoms with Crippen molar-refractivity contribution in [2.24, 2.45) is 0 Å². The Labute approximate surface area is 168 Å². The summed E-state index contributed by atoms with van der Waals surface area (Å²) in [5.74, 6) is 0.990. The number of piperidine rings is 1. The van der Waals surface area contributed by atoms with Crippen LogP contribution in [0.15, 0.2) is 41.3 Å². The lowest BCUT2D eigenvalue weighted by Gasteiger charge is -2.30. The van der Waals surface area contributed by atoms with Crippen LogP contribution < -0.4 is 0 Å². The van der Waals surface area contributed by atoms with E-state index in [0.29, 0.717) is 37.1 Å². The van der Waals surface area contributed by atoms with Crippen LogP contribution in [0.5, 0.6) is 0 Å². The predicted molar refractivity (Wildman–Crippen MR) is 109 cm³/mol. The van der Waals surface area contributed by atoms with Crippen LogP contribution in [0.2, 0.25) is 0 Å². The molecule has 0 unspecified atom stereocenters. The molecule has 1 fully saturated rings. The van der Waals surface area contributed by atoms with Crippen molar-refractivity contribution in [1.82, 2.24) is 14.3 Å². The summed E-state index contributed by atoms with van der Waals surface area (Å²) in [7, 11) is -3.95. The van der Waals surface area contributed by atoms with Gasteiger partial charge in [-0.25, -0.2) is 13.4 Å². The van der Waals surface area contributed by atoms with Gasteiger partial charge in [-0.2, -0.15) is 4.31 Å². The molecule has 8 nitrogen and oxygen atoms in total. The summed E-state index contributed by atoms with van der Waals surface area (Å²) in [5, 5.41) is 11.4. The summed E-state index contributed by atoms with van der Waals surface area (Å²) < 4.78 is 27.7. The quantitative estimate of drug-likeness (QED) is 0.518. The second-order valence-electron chi connectivity index (χ2n) is 7.48. The summed E-state index contributed by atoms with van der Waals surface area (Å²) >= 11 is 0. The zero-order valence-corrected chi connectivity index (χ0v) is 17.1. The van der Waals surface area contributed by atoms with Gasteiger partial charge in [-0.05, 0) is 56.0 Å². The number of nitrogens with one attached hydrogen (secondary N) is 1. The van der Waals surface area contributed by atoms with Gasteiger partial charge >= 0.3 is 0 Å². The van der Waals surface area contributed by atoms with E-state index >= 15 is 0 Å². The highest BCUT2D eigenvalue weighted by Gasteiger charge is 2.35. The number of fused-ring (bicyclic) bond motifs is 1. The van der Waals surface area contributed by atoms with Crippen LogP contribution in [0.3, 0.4) is 0 Å². The largest absolute Gasteiger partial charge is 0.342 e. The van der Waals surface area contributed by atoms with Gasteiger partial charge in [0.1, 0.15) is 5.82 Å². The lowest BCUT2D eigenvalue weighted by molar-refractivity contribution is -0.387. The van der Waals surface area contributed by atoms with Crippen LogP contribution in [0.1, 0.15) is 35.7 Å². The molecule has 4 rings (SSSR count). The standard InChI is InChI=1S/C20H22N4O4S/c1-13-11-18(24(25)26)19(12-14(13)2)29(27,28)23-9-7-15(8-10-23)20-21-16-5-3-4-6-17(16)22-20/h3-6,11-12,15H,7-10H2,1-2H3,(H,21,22). The SMILES string of the molecule is Cc1cc([N+](=O)[O-])c(S(=O)(=O)N2CCC(c3nc4ccccc4[nH]3)CC2)cc1C. The number of H-pyrrole nitrogens is 1. The Kier molecular flexibility index (Phi) is 4.87. The van der Waals surface area contributed by atoms with Crippen molar-refractivity contribution < 1.29 is 13.3 Å². The highest BCUT2D eigenvalue weighted by Crippen LogP contribution is 2.34. The molecule has 2 aromatic carbocycles. The Balaban J connectivity index is 1.58. The Morgan fingerprint density at radius 1 is 1.14 bits per heavy atom. The number of rotatable bonds is 4. The lowest BCUT2D eigenvalue weighted by Crippen LogP contribution is -2.38. The molecule has 1 aliphatic rings. The first-order valence-electron chi connectivity index (χ1n) is 9.48. The number of nitrogens with zero attached hydrogens (tertiary/aromatic N) is 3. The molecule has 9 heteroatoms. The molecule has 1 N–H and O–H groups in total. The average molecular weight is 414 g/mol. The Bertz CT molecular complexity index is 1160. The molecule has 3 aromatic rings. The van der Waals surface area contributed by atoms with E-state index in [0.717, 1.165) is 16.9 Å². The van der Waals surface area contributed by atoms with E-state index in [4.69, 9.17) is 0 Å². The fourth-order valence-corrected chi connectivity index (χ4v) is 5.49. The van der Waals surface area contributed by atoms with Gasteiger partial charge in [0.25, 0.3) is 5.69 Å². The number of aryl methyl sites for hydroxylation is 2. The number of para-hydroxylation sites is 2. The smallest absolute Gasteiger partial charge is 0.289 e. The molecule has 0 atom stereocenters. The number of benzene rings is 2. The van der Waals surface area contributed by atoms with Crippen molar-refractivity contribution in [1.29, 1.82) is 0 Å². The van der Waals surface area contributed by atoms with Crippen LogP contribution in [-0.4, -0.2) is 40.7 Å². The number of imidazole rings is 1. The van der Waals surface area contributed by atoms with Crippen molar-refractivity contribution in [3.63, 3.8) is 0 Å². The molecular formula is C20H22N4O4S. The summed E-state index contributed by atoms with van der Waals surface area (Å²) in [5.41, 5.74) is 2.89. The highest BCUT2D eigenvalue weighted by molar-refractivity contribution is 7.89. The molecule has 1 aliphatic heterocycles. The van der Waals surface area contributed by atoms with E-state index in [1.807, 2.05) is 24.3 Å². The van der Waals surface area contributed by atoms with Crippen LogP contribution in [0.25, 0.3) is 11.0 Å². The maximum absolute atomic E-state index is 13.2. The molecule has 0 bridgehead atoms. The Morgan fingerprint density at radius 2 is 1.79 bits per heavy atom. The molecule has 2 heterocycles. The summed E-state index contributed by atoms with van der Waals surface area (Å²) in [6.45, 7) is 4.09. The van der Waals surface area contributed by atoms with E-state index in [1.165, 1.54) is 16.4 Å². The summed E-state index contributed by atoms with van der Waals surface area (Å²) in [6.07, 6.45) is 1.22. The Hall–Kier alpha value is -2.78. The van der Waals surface area contributed by atoms with Crippen LogP contribution >= 0.6 is 0 Å². The normalized spacial score (nSPS) is 16.3. The lowest BCUT2D eigenvalue weighted by atomic mass is 9.97. The van der Waals surface area contributed by atoms with Crippen molar-refractivity contribution >= 4 is 26.7 Å². The monoisotopic (exact) mass is 414 g/mol.